The molecule has 0 radical (unpaired) electrons. The van der Waals surface area contributed by atoms with Crippen molar-refractivity contribution in [1.29, 1.82) is 0 Å². The average molecular weight is 292 g/mol. The molecule has 0 spiro atoms. The minimum absolute atomic E-state index is 0.134. The minimum atomic E-state index is -4.40. The van der Waals surface area contributed by atoms with Crippen LogP contribution in [-0.2, 0) is 4.74 Å². The highest BCUT2D eigenvalue weighted by atomic mass is 19.4. The van der Waals surface area contributed by atoms with E-state index in [4.69, 9.17) is 9.84 Å². The molecular formula is C13H12F4O3. The molecule has 1 N–H and O–H groups in total. The van der Waals surface area contributed by atoms with Gasteiger partial charge in [-0.3, -0.25) is 0 Å². The fourth-order valence-corrected chi connectivity index (χ4v) is 1.23. The number of halogens is 4. The summed E-state index contributed by atoms with van der Waals surface area (Å²) in [6.07, 6.45) is -4.40. The van der Waals surface area contributed by atoms with E-state index in [-0.39, 0.29) is 25.6 Å². The van der Waals surface area contributed by atoms with Crippen molar-refractivity contribution in [1.82, 2.24) is 0 Å². The molecule has 0 fully saturated rings. The fraction of sp³-hybridized carbons (Fsp3) is 0.385. The normalized spacial score (nSPS) is 10.8. The van der Waals surface area contributed by atoms with Gasteiger partial charge in [-0.25, -0.2) is 4.39 Å². The summed E-state index contributed by atoms with van der Waals surface area (Å²) in [4.78, 5) is 0. The first-order valence-electron chi connectivity index (χ1n) is 5.59. The molecule has 0 atom stereocenters. The maximum Gasteiger partial charge on any atom is 0.411 e. The summed E-state index contributed by atoms with van der Waals surface area (Å²) < 4.78 is 58.0. The van der Waals surface area contributed by atoms with Gasteiger partial charge in [-0.15, -0.1) is 0 Å². The molecule has 1 rings (SSSR count). The standard InChI is InChI=1S/C13H12F4O3/c14-11-4-3-10(2-1-5-18)8-12(11)20-7-6-19-9-13(15,16)17/h3-4,8,18H,5-7,9H2. The maximum absolute atomic E-state index is 13.3. The van der Waals surface area contributed by atoms with Crippen LogP contribution in [-0.4, -0.2) is 37.7 Å². The maximum atomic E-state index is 13.3. The van der Waals surface area contributed by atoms with E-state index in [1.165, 1.54) is 12.1 Å². The van der Waals surface area contributed by atoms with Crippen LogP contribution in [0.5, 0.6) is 5.75 Å². The van der Waals surface area contributed by atoms with Gasteiger partial charge in [-0.1, -0.05) is 11.8 Å². The summed E-state index contributed by atoms with van der Waals surface area (Å²) >= 11 is 0. The Morgan fingerprint density at radius 1 is 1.20 bits per heavy atom. The molecule has 1 aromatic rings. The molecule has 0 unspecified atom stereocenters. The molecule has 0 heterocycles. The van der Waals surface area contributed by atoms with Crippen LogP contribution in [0.4, 0.5) is 17.6 Å². The molecule has 0 amide bonds. The Bertz CT molecular complexity index is 489. The highest BCUT2D eigenvalue weighted by Gasteiger charge is 2.27. The fourth-order valence-electron chi connectivity index (χ4n) is 1.23. The van der Waals surface area contributed by atoms with Crippen LogP contribution in [0.2, 0.25) is 0 Å². The Balaban J connectivity index is 2.47. The molecule has 1 aromatic carbocycles. The quantitative estimate of drug-likeness (QED) is 0.513. The van der Waals surface area contributed by atoms with Crippen LogP contribution in [0, 0.1) is 17.7 Å². The summed E-state index contributed by atoms with van der Waals surface area (Å²) in [5.41, 5.74) is 0.423. The molecule has 0 aliphatic carbocycles. The Hall–Kier alpha value is -1.78. The predicted octanol–water partition coefficient (Wildman–Crippen LogP) is 2.13. The molecule has 0 bridgehead atoms. The van der Waals surface area contributed by atoms with E-state index in [1.807, 2.05) is 0 Å². The molecule has 3 nitrogen and oxygen atoms in total. The zero-order valence-electron chi connectivity index (χ0n) is 10.3. The Kier molecular flexibility index (Phi) is 6.28. The van der Waals surface area contributed by atoms with E-state index in [0.29, 0.717) is 5.56 Å². The van der Waals surface area contributed by atoms with Crippen molar-refractivity contribution in [3.63, 3.8) is 0 Å². The van der Waals surface area contributed by atoms with Crippen LogP contribution in [0.25, 0.3) is 0 Å². The van der Waals surface area contributed by atoms with E-state index >= 15 is 0 Å². The van der Waals surface area contributed by atoms with Crippen LogP contribution >= 0.6 is 0 Å². The second kappa shape index (κ2) is 7.72. The van der Waals surface area contributed by atoms with Crippen molar-refractivity contribution in [2.45, 2.75) is 6.18 Å². The van der Waals surface area contributed by atoms with E-state index < -0.39 is 18.6 Å². The number of ether oxygens (including phenoxy) is 2. The number of hydrogen-bond acceptors (Lipinski definition) is 3. The van der Waals surface area contributed by atoms with Crippen molar-refractivity contribution in [2.24, 2.45) is 0 Å². The smallest absolute Gasteiger partial charge is 0.411 e. The van der Waals surface area contributed by atoms with Gasteiger partial charge in [0.25, 0.3) is 0 Å². The minimum Gasteiger partial charge on any atom is -0.488 e. The zero-order valence-corrected chi connectivity index (χ0v) is 10.3. The summed E-state index contributed by atoms with van der Waals surface area (Å²) in [7, 11) is 0. The number of aliphatic hydroxyl groups is 1. The van der Waals surface area contributed by atoms with E-state index in [2.05, 4.69) is 16.6 Å². The highest BCUT2D eigenvalue weighted by Crippen LogP contribution is 2.18. The first kappa shape index (κ1) is 16.3. The van der Waals surface area contributed by atoms with Crippen LogP contribution < -0.4 is 4.74 Å². The van der Waals surface area contributed by atoms with Crippen molar-refractivity contribution in [2.75, 3.05) is 26.4 Å². The van der Waals surface area contributed by atoms with Gasteiger partial charge in [0.05, 0.1) is 6.61 Å². The van der Waals surface area contributed by atoms with Crippen molar-refractivity contribution in [3.05, 3.63) is 29.6 Å². The van der Waals surface area contributed by atoms with Crippen molar-refractivity contribution in [3.8, 4) is 17.6 Å². The lowest BCUT2D eigenvalue weighted by Crippen LogP contribution is -2.19. The average Bonchev–Trinajstić information content (AvgIpc) is 2.37. The number of rotatable bonds is 5. The zero-order chi connectivity index (χ0) is 15.0. The SMILES string of the molecule is OCC#Cc1ccc(F)c(OCCOCC(F)(F)F)c1. The number of alkyl halides is 3. The lowest BCUT2D eigenvalue weighted by Gasteiger charge is -2.09. The number of benzene rings is 1. The van der Waals surface area contributed by atoms with Gasteiger partial charge in [0.2, 0.25) is 0 Å². The van der Waals surface area contributed by atoms with Gasteiger partial charge in [-0.05, 0) is 18.2 Å². The third-order valence-corrected chi connectivity index (χ3v) is 1.99. The number of hydrogen-bond donors (Lipinski definition) is 1. The van der Waals surface area contributed by atoms with E-state index in [0.717, 1.165) is 6.07 Å². The summed E-state index contributed by atoms with van der Waals surface area (Å²) in [5, 5.41) is 8.53. The van der Waals surface area contributed by atoms with Crippen LogP contribution in [0.15, 0.2) is 18.2 Å². The van der Waals surface area contributed by atoms with Crippen LogP contribution in [0.1, 0.15) is 5.56 Å². The summed E-state index contributed by atoms with van der Waals surface area (Å²) in [6, 6.07) is 3.81. The molecule has 0 aliphatic heterocycles. The van der Waals surface area contributed by atoms with E-state index in [9.17, 15) is 17.6 Å². The Morgan fingerprint density at radius 3 is 2.60 bits per heavy atom. The third-order valence-electron chi connectivity index (χ3n) is 1.99. The molecule has 0 aromatic heterocycles. The van der Waals surface area contributed by atoms with Gasteiger partial charge in [0, 0.05) is 5.56 Å². The first-order valence-corrected chi connectivity index (χ1v) is 5.59. The van der Waals surface area contributed by atoms with Gasteiger partial charge in [0.15, 0.2) is 11.6 Å². The van der Waals surface area contributed by atoms with Gasteiger partial charge >= 0.3 is 6.18 Å². The highest BCUT2D eigenvalue weighted by molar-refractivity contribution is 5.40. The molecular weight excluding hydrogens is 280 g/mol. The molecule has 7 heteroatoms. The number of aliphatic hydroxyl groups excluding tert-OH is 1. The predicted molar refractivity (Wildman–Crippen MR) is 62.7 cm³/mol. The lowest BCUT2D eigenvalue weighted by molar-refractivity contribution is -0.175. The van der Waals surface area contributed by atoms with Crippen molar-refractivity contribution >= 4 is 0 Å². The summed E-state index contributed by atoms with van der Waals surface area (Å²) in [6.45, 7) is -2.24. The van der Waals surface area contributed by atoms with Crippen molar-refractivity contribution < 1.29 is 32.1 Å². The van der Waals surface area contributed by atoms with E-state index in [1.54, 1.807) is 0 Å². The Labute approximate surface area is 113 Å². The summed E-state index contributed by atoms with van der Waals surface area (Å²) in [5.74, 6) is 4.15. The molecule has 110 valence electrons. The second-order valence-corrected chi connectivity index (χ2v) is 3.62. The molecule has 20 heavy (non-hydrogen) atoms. The Morgan fingerprint density at radius 2 is 1.95 bits per heavy atom. The topological polar surface area (TPSA) is 38.7 Å². The molecule has 0 saturated carbocycles. The van der Waals surface area contributed by atoms with Gasteiger partial charge < -0.3 is 14.6 Å². The van der Waals surface area contributed by atoms with Crippen LogP contribution in [0.3, 0.4) is 0 Å². The van der Waals surface area contributed by atoms with Gasteiger partial charge in [0.1, 0.15) is 19.8 Å². The third kappa shape index (κ3) is 6.41. The monoisotopic (exact) mass is 292 g/mol. The molecule has 0 aliphatic rings. The second-order valence-electron chi connectivity index (χ2n) is 3.62. The largest absolute Gasteiger partial charge is 0.488 e. The lowest BCUT2D eigenvalue weighted by atomic mass is 10.2. The van der Waals surface area contributed by atoms with Gasteiger partial charge in [-0.2, -0.15) is 13.2 Å². The first-order chi connectivity index (χ1) is 9.42. The molecule has 0 saturated heterocycles.